The van der Waals surface area contributed by atoms with E-state index in [1.54, 1.807) is 36.1 Å². The zero-order valence-electron chi connectivity index (χ0n) is 12.6. The smallest absolute Gasteiger partial charge is 0.256 e. The first-order valence-corrected chi connectivity index (χ1v) is 7.11. The Morgan fingerprint density at radius 2 is 2.09 bits per heavy atom. The summed E-state index contributed by atoms with van der Waals surface area (Å²) in [5.41, 5.74) is 1.95. The second-order valence-electron chi connectivity index (χ2n) is 5.09. The molecule has 0 saturated carbocycles. The molecule has 2 aromatic heterocycles. The molecule has 0 atom stereocenters. The molecule has 1 N–H and O–H groups in total. The predicted octanol–water partition coefficient (Wildman–Crippen LogP) is 2.01. The van der Waals surface area contributed by atoms with E-state index in [1.165, 1.54) is 0 Å². The molecule has 3 rings (SSSR count). The number of nitrogens with one attached hydrogen (secondary N) is 1. The van der Waals surface area contributed by atoms with Crippen molar-refractivity contribution in [2.75, 3.05) is 0 Å². The lowest BCUT2D eigenvalue weighted by Crippen LogP contribution is -2.24. The Labute approximate surface area is 133 Å². The number of aromatic nitrogens is 3. The molecule has 2 heterocycles. The third-order valence-electron chi connectivity index (χ3n) is 3.51. The molecule has 6 nitrogen and oxygen atoms in total. The lowest BCUT2D eigenvalue weighted by atomic mass is 10.1. The van der Waals surface area contributed by atoms with Gasteiger partial charge in [-0.2, -0.15) is 10.4 Å². The number of aryl methyl sites for hydroxylation is 1. The van der Waals surface area contributed by atoms with E-state index in [0.717, 1.165) is 5.56 Å². The highest BCUT2D eigenvalue weighted by Gasteiger charge is 2.16. The van der Waals surface area contributed by atoms with E-state index in [-0.39, 0.29) is 5.91 Å². The number of carbonyl (C=O) groups is 1. The standard InChI is InChI=1S/C17H15N5O/c1-21-17(22-7-2-3-8-22)15(12-20-21)16(23)19-11-14-6-4-5-13(9-14)10-18/h2-9,12H,11H2,1H3,(H,19,23). The summed E-state index contributed by atoms with van der Waals surface area (Å²) >= 11 is 0. The van der Waals surface area contributed by atoms with Crippen molar-refractivity contribution in [1.82, 2.24) is 19.7 Å². The van der Waals surface area contributed by atoms with Gasteiger partial charge in [-0.25, -0.2) is 0 Å². The molecular formula is C17H15N5O. The van der Waals surface area contributed by atoms with Crippen LogP contribution in [0.25, 0.3) is 5.82 Å². The van der Waals surface area contributed by atoms with E-state index in [0.29, 0.717) is 23.5 Å². The van der Waals surface area contributed by atoms with Gasteiger partial charge in [0, 0.05) is 26.0 Å². The summed E-state index contributed by atoms with van der Waals surface area (Å²) in [5, 5.41) is 15.9. The number of rotatable bonds is 4. The monoisotopic (exact) mass is 305 g/mol. The third-order valence-corrected chi connectivity index (χ3v) is 3.51. The quantitative estimate of drug-likeness (QED) is 0.801. The first kappa shape index (κ1) is 14.6. The van der Waals surface area contributed by atoms with Crippen LogP contribution in [0.2, 0.25) is 0 Å². The van der Waals surface area contributed by atoms with Crippen molar-refractivity contribution in [2.24, 2.45) is 7.05 Å². The number of benzene rings is 1. The van der Waals surface area contributed by atoms with Gasteiger partial charge in [0.15, 0.2) is 0 Å². The largest absolute Gasteiger partial charge is 0.348 e. The molecule has 23 heavy (non-hydrogen) atoms. The first-order valence-electron chi connectivity index (χ1n) is 7.11. The Hall–Kier alpha value is -3.33. The van der Waals surface area contributed by atoms with Gasteiger partial charge in [-0.1, -0.05) is 12.1 Å². The van der Waals surface area contributed by atoms with Gasteiger partial charge < -0.3 is 9.88 Å². The normalized spacial score (nSPS) is 10.3. The van der Waals surface area contributed by atoms with Gasteiger partial charge in [-0.15, -0.1) is 0 Å². The average molecular weight is 305 g/mol. The molecule has 114 valence electrons. The highest BCUT2D eigenvalue weighted by molar-refractivity contribution is 5.97. The van der Waals surface area contributed by atoms with Crippen molar-refractivity contribution in [1.29, 1.82) is 5.26 Å². The molecule has 0 bridgehead atoms. The van der Waals surface area contributed by atoms with Gasteiger partial charge in [0.1, 0.15) is 11.4 Å². The Morgan fingerprint density at radius 3 is 2.83 bits per heavy atom. The van der Waals surface area contributed by atoms with Crippen molar-refractivity contribution in [3.63, 3.8) is 0 Å². The minimum absolute atomic E-state index is 0.204. The van der Waals surface area contributed by atoms with Crippen molar-refractivity contribution >= 4 is 5.91 Å². The topological polar surface area (TPSA) is 75.6 Å². The Morgan fingerprint density at radius 1 is 1.30 bits per heavy atom. The number of hydrogen-bond acceptors (Lipinski definition) is 3. The molecule has 0 aliphatic heterocycles. The number of nitrogens with zero attached hydrogens (tertiary/aromatic N) is 4. The molecule has 0 aliphatic carbocycles. The zero-order chi connectivity index (χ0) is 16.2. The first-order chi connectivity index (χ1) is 11.2. The maximum absolute atomic E-state index is 12.5. The van der Waals surface area contributed by atoms with Crippen molar-refractivity contribution in [3.8, 4) is 11.9 Å². The van der Waals surface area contributed by atoms with E-state index >= 15 is 0 Å². The minimum atomic E-state index is -0.204. The second kappa shape index (κ2) is 6.20. The maximum Gasteiger partial charge on any atom is 0.256 e. The van der Waals surface area contributed by atoms with Crippen molar-refractivity contribution in [2.45, 2.75) is 6.54 Å². The van der Waals surface area contributed by atoms with Crippen molar-refractivity contribution < 1.29 is 4.79 Å². The van der Waals surface area contributed by atoms with Crippen LogP contribution in [0.4, 0.5) is 0 Å². The maximum atomic E-state index is 12.5. The van der Waals surface area contributed by atoms with Gasteiger partial charge in [0.2, 0.25) is 0 Å². The van der Waals surface area contributed by atoms with Crippen LogP contribution < -0.4 is 5.32 Å². The zero-order valence-corrected chi connectivity index (χ0v) is 12.6. The molecule has 0 unspecified atom stereocenters. The summed E-state index contributed by atoms with van der Waals surface area (Å²) in [6.45, 7) is 0.356. The summed E-state index contributed by atoms with van der Waals surface area (Å²) in [6.07, 6.45) is 5.28. The molecule has 0 radical (unpaired) electrons. The fourth-order valence-corrected chi connectivity index (χ4v) is 2.40. The number of nitriles is 1. The van der Waals surface area contributed by atoms with E-state index in [4.69, 9.17) is 5.26 Å². The molecular weight excluding hydrogens is 290 g/mol. The highest BCUT2D eigenvalue weighted by atomic mass is 16.1. The molecule has 0 saturated heterocycles. The van der Waals surface area contributed by atoms with Crippen LogP contribution >= 0.6 is 0 Å². The predicted molar refractivity (Wildman–Crippen MR) is 84.9 cm³/mol. The fraction of sp³-hybridized carbons (Fsp3) is 0.118. The average Bonchev–Trinajstić information content (AvgIpc) is 3.22. The van der Waals surface area contributed by atoms with Crippen LogP contribution in [0.1, 0.15) is 21.5 Å². The van der Waals surface area contributed by atoms with E-state index in [1.807, 2.05) is 35.2 Å². The van der Waals surface area contributed by atoms with E-state index in [9.17, 15) is 4.79 Å². The van der Waals surface area contributed by atoms with Gasteiger partial charge in [-0.3, -0.25) is 9.48 Å². The lowest BCUT2D eigenvalue weighted by Gasteiger charge is -2.08. The number of hydrogen-bond donors (Lipinski definition) is 1. The third kappa shape index (κ3) is 2.99. The molecule has 1 aromatic carbocycles. The van der Waals surface area contributed by atoms with Crippen LogP contribution in [0.5, 0.6) is 0 Å². The van der Waals surface area contributed by atoms with Crippen molar-refractivity contribution in [3.05, 3.63) is 71.7 Å². The Bertz CT molecular complexity index is 871. The lowest BCUT2D eigenvalue weighted by molar-refractivity contribution is 0.0951. The summed E-state index contributed by atoms with van der Waals surface area (Å²) in [5.74, 6) is 0.502. The second-order valence-corrected chi connectivity index (χ2v) is 5.09. The van der Waals surface area contributed by atoms with Crippen LogP contribution in [-0.2, 0) is 13.6 Å². The summed E-state index contributed by atoms with van der Waals surface area (Å²) in [6, 6.07) is 13.0. The molecule has 0 spiro atoms. The Kier molecular flexibility index (Phi) is 3.93. The number of amides is 1. The minimum Gasteiger partial charge on any atom is -0.348 e. The summed E-state index contributed by atoms with van der Waals surface area (Å²) < 4.78 is 3.50. The van der Waals surface area contributed by atoms with Gasteiger partial charge in [-0.05, 0) is 29.8 Å². The van der Waals surface area contributed by atoms with Crippen LogP contribution in [-0.4, -0.2) is 20.3 Å². The highest BCUT2D eigenvalue weighted by Crippen LogP contribution is 2.14. The van der Waals surface area contributed by atoms with Gasteiger partial charge in [0.05, 0.1) is 17.8 Å². The molecule has 6 heteroatoms. The van der Waals surface area contributed by atoms with E-state index in [2.05, 4.69) is 16.5 Å². The van der Waals surface area contributed by atoms with Crippen LogP contribution in [0, 0.1) is 11.3 Å². The summed E-state index contributed by atoms with van der Waals surface area (Å²) in [7, 11) is 1.79. The fourth-order valence-electron chi connectivity index (χ4n) is 2.40. The summed E-state index contributed by atoms with van der Waals surface area (Å²) in [4.78, 5) is 12.5. The Balaban J connectivity index is 1.78. The van der Waals surface area contributed by atoms with Crippen LogP contribution in [0.15, 0.2) is 55.0 Å². The van der Waals surface area contributed by atoms with Gasteiger partial charge >= 0.3 is 0 Å². The van der Waals surface area contributed by atoms with Crippen LogP contribution in [0.3, 0.4) is 0 Å². The number of carbonyl (C=O) groups excluding carboxylic acids is 1. The molecule has 0 fully saturated rings. The van der Waals surface area contributed by atoms with E-state index < -0.39 is 0 Å². The van der Waals surface area contributed by atoms with Gasteiger partial charge in [0.25, 0.3) is 5.91 Å². The molecule has 0 aliphatic rings. The molecule has 1 amide bonds. The SMILES string of the molecule is Cn1ncc(C(=O)NCc2cccc(C#N)c2)c1-n1cccc1. The molecule has 3 aromatic rings.